The lowest BCUT2D eigenvalue weighted by Gasteiger charge is -2.49. The molecule has 3 nitrogen and oxygen atoms in total. The predicted molar refractivity (Wildman–Crippen MR) is 89.9 cm³/mol. The summed E-state index contributed by atoms with van der Waals surface area (Å²) in [5.41, 5.74) is 1.54. The number of aryl methyl sites for hydroxylation is 2. The van der Waals surface area contributed by atoms with Crippen molar-refractivity contribution in [3.63, 3.8) is 0 Å². The lowest BCUT2D eigenvalue weighted by Crippen LogP contribution is -2.64. The summed E-state index contributed by atoms with van der Waals surface area (Å²) in [6.45, 7) is 13.7. The first-order valence-corrected chi connectivity index (χ1v) is 9.21. The molecule has 1 aliphatic heterocycles. The molecule has 0 bridgehead atoms. The van der Waals surface area contributed by atoms with Crippen LogP contribution < -0.4 is 5.32 Å². The van der Waals surface area contributed by atoms with Crippen molar-refractivity contribution >= 4 is 11.3 Å². The molecule has 2 fully saturated rings. The third-order valence-electron chi connectivity index (χ3n) is 5.49. The van der Waals surface area contributed by atoms with Crippen LogP contribution in [0.1, 0.15) is 61.7 Å². The molecule has 3 atom stereocenters. The number of hydrogen-bond acceptors (Lipinski definition) is 4. The second-order valence-electron chi connectivity index (χ2n) is 7.17. The SMILES string of the molecule is CCC1CNC(C)(C2CC2)CN1C(C)c1sc(C)nc1C. The van der Waals surface area contributed by atoms with Crippen molar-refractivity contribution < 1.29 is 0 Å². The number of aromatic nitrogens is 1. The van der Waals surface area contributed by atoms with Crippen LogP contribution in [0.15, 0.2) is 0 Å². The third kappa shape index (κ3) is 2.90. The molecule has 118 valence electrons. The fourth-order valence-electron chi connectivity index (χ4n) is 3.94. The van der Waals surface area contributed by atoms with Crippen LogP contribution in [0.2, 0.25) is 0 Å². The van der Waals surface area contributed by atoms with Gasteiger partial charge in [-0.25, -0.2) is 4.98 Å². The Hall–Kier alpha value is -0.450. The summed E-state index contributed by atoms with van der Waals surface area (Å²) >= 11 is 1.88. The highest BCUT2D eigenvalue weighted by Gasteiger charge is 2.46. The molecule has 4 heteroatoms. The summed E-state index contributed by atoms with van der Waals surface area (Å²) in [5, 5.41) is 5.06. The molecule has 1 N–H and O–H groups in total. The summed E-state index contributed by atoms with van der Waals surface area (Å²) in [7, 11) is 0. The highest BCUT2D eigenvalue weighted by atomic mass is 32.1. The molecule has 0 aromatic carbocycles. The highest BCUT2D eigenvalue weighted by Crippen LogP contribution is 2.43. The topological polar surface area (TPSA) is 28.2 Å². The minimum Gasteiger partial charge on any atom is -0.308 e. The van der Waals surface area contributed by atoms with E-state index in [-0.39, 0.29) is 0 Å². The molecule has 1 aromatic rings. The summed E-state index contributed by atoms with van der Waals surface area (Å²) in [5.74, 6) is 0.884. The van der Waals surface area contributed by atoms with Gasteiger partial charge in [0.2, 0.25) is 0 Å². The van der Waals surface area contributed by atoms with E-state index >= 15 is 0 Å². The van der Waals surface area contributed by atoms with Crippen LogP contribution in [0.25, 0.3) is 0 Å². The van der Waals surface area contributed by atoms with Gasteiger partial charge in [-0.15, -0.1) is 11.3 Å². The van der Waals surface area contributed by atoms with Gasteiger partial charge in [0.15, 0.2) is 0 Å². The summed E-state index contributed by atoms with van der Waals surface area (Å²) < 4.78 is 0. The first kappa shape index (κ1) is 15.4. The van der Waals surface area contributed by atoms with Gasteiger partial charge < -0.3 is 5.32 Å². The molecule has 1 saturated heterocycles. The average Bonchev–Trinajstić information content (AvgIpc) is 3.24. The number of hydrogen-bond donors (Lipinski definition) is 1. The highest BCUT2D eigenvalue weighted by molar-refractivity contribution is 7.11. The van der Waals surface area contributed by atoms with Gasteiger partial charge in [-0.2, -0.15) is 0 Å². The van der Waals surface area contributed by atoms with Crippen LogP contribution in [0.5, 0.6) is 0 Å². The fraction of sp³-hybridized carbons (Fsp3) is 0.824. The van der Waals surface area contributed by atoms with Crippen LogP contribution in [0.3, 0.4) is 0 Å². The normalized spacial score (nSPS) is 32.3. The summed E-state index contributed by atoms with van der Waals surface area (Å²) in [6.07, 6.45) is 4.03. The maximum Gasteiger partial charge on any atom is 0.0900 e. The van der Waals surface area contributed by atoms with Crippen LogP contribution in [-0.2, 0) is 0 Å². The quantitative estimate of drug-likeness (QED) is 0.920. The van der Waals surface area contributed by atoms with Crippen LogP contribution in [0.4, 0.5) is 0 Å². The van der Waals surface area contributed by atoms with Gasteiger partial charge in [-0.05, 0) is 52.9 Å². The van der Waals surface area contributed by atoms with Gasteiger partial charge in [0, 0.05) is 35.6 Å². The third-order valence-corrected chi connectivity index (χ3v) is 6.73. The zero-order valence-electron chi connectivity index (χ0n) is 14.1. The van der Waals surface area contributed by atoms with E-state index in [2.05, 4.69) is 49.8 Å². The molecule has 0 amide bonds. The Labute approximate surface area is 133 Å². The van der Waals surface area contributed by atoms with Crippen molar-refractivity contribution in [3.8, 4) is 0 Å². The molecular formula is C17H29N3S. The molecule has 2 heterocycles. The minimum atomic E-state index is 0.313. The molecule has 0 radical (unpaired) electrons. The van der Waals surface area contributed by atoms with E-state index in [0.717, 1.165) is 12.5 Å². The summed E-state index contributed by atoms with van der Waals surface area (Å²) in [6, 6.07) is 1.13. The number of thiazole rings is 1. The van der Waals surface area contributed by atoms with Gasteiger partial charge in [0.1, 0.15) is 0 Å². The first-order valence-electron chi connectivity index (χ1n) is 8.39. The Bertz CT molecular complexity index is 508. The molecule has 1 saturated carbocycles. The lowest BCUT2D eigenvalue weighted by atomic mass is 9.89. The Morgan fingerprint density at radius 2 is 2.14 bits per heavy atom. The number of piperazine rings is 1. The van der Waals surface area contributed by atoms with Crippen molar-refractivity contribution in [2.45, 2.75) is 71.5 Å². The lowest BCUT2D eigenvalue weighted by molar-refractivity contribution is 0.0427. The van der Waals surface area contributed by atoms with Crippen LogP contribution in [-0.4, -0.2) is 34.6 Å². The minimum absolute atomic E-state index is 0.313. The Balaban J connectivity index is 1.83. The second kappa shape index (κ2) is 5.64. The fourth-order valence-corrected chi connectivity index (χ4v) is 4.94. The molecule has 3 rings (SSSR count). The largest absolute Gasteiger partial charge is 0.308 e. The maximum atomic E-state index is 4.64. The first-order chi connectivity index (χ1) is 9.94. The van der Waals surface area contributed by atoms with E-state index in [1.807, 2.05) is 11.3 Å². The van der Waals surface area contributed by atoms with Crippen molar-refractivity contribution in [1.82, 2.24) is 15.2 Å². The molecule has 21 heavy (non-hydrogen) atoms. The maximum absolute atomic E-state index is 4.64. The number of rotatable bonds is 4. The molecule has 1 aliphatic carbocycles. The van der Waals surface area contributed by atoms with E-state index in [9.17, 15) is 0 Å². The Morgan fingerprint density at radius 1 is 1.43 bits per heavy atom. The van der Waals surface area contributed by atoms with Gasteiger partial charge in [-0.1, -0.05) is 6.92 Å². The van der Waals surface area contributed by atoms with E-state index in [1.54, 1.807) is 0 Å². The zero-order valence-corrected chi connectivity index (χ0v) is 14.9. The average molecular weight is 308 g/mol. The van der Waals surface area contributed by atoms with Crippen LogP contribution in [0, 0.1) is 19.8 Å². The van der Waals surface area contributed by atoms with Crippen molar-refractivity contribution in [2.75, 3.05) is 13.1 Å². The van der Waals surface area contributed by atoms with E-state index in [0.29, 0.717) is 17.6 Å². The monoisotopic (exact) mass is 307 g/mol. The predicted octanol–water partition coefficient (Wildman–Crippen LogP) is 3.67. The Kier molecular flexibility index (Phi) is 4.15. The standard InChI is InChI=1S/C17H29N3S/c1-6-15-9-18-17(5,14-7-8-14)10-20(15)12(3)16-11(2)19-13(4)21-16/h12,14-15,18H,6-10H2,1-5H3. The van der Waals surface area contributed by atoms with Gasteiger partial charge in [0.05, 0.1) is 10.7 Å². The number of nitrogens with one attached hydrogen (secondary N) is 1. The van der Waals surface area contributed by atoms with Crippen LogP contribution >= 0.6 is 11.3 Å². The zero-order chi connectivity index (χ0) is 15.2. The van der Waals surface area contributed by atoms with Gasteiger partial charge in [0.25, 0.3) is 0 Å². The van der Waals surface area contributed by atoms with E-state index in [4.69, 9.17) is 0 Å². The van der Waals surface area contributed by atoms with E-state index in [1.165, 1.54) is 41.4 Å². The molecule has 3 unspecified atom stereocenters. The number of nitrogens with zero attached hydrogens (tertiary/aromatic N) is 2. The van der Waals surface area contributed by atoms with E-state index < -0.39 is 0 Å². The smallest absolute Gasteiger partial charge is 0.0900 e. The second-order valence-corrected chi connectivity index (χ2v) is 8.40. The van der Waals surface area contributed by atoms with Gasteiger partial charge >= 0.3 is 0 Å². The Morgan fingerprint density at radius 3 is 2.67 bits per heavy atom. The van der Waals surface area contributed by atoms with Crippen molar-refractivity contribution in [1.29, 1.82) is 0 Å². The summed E-state index contributed by atoms with van der Waals surface area (Å²) in [4.78, 5) is 8.85. The molecule has 1 aromatic heterocycles. The molecular weight excluding hydrogens is 278 g/mol. The van der Waals surface area contributed by atoms with Crippen molar-refractivity contribution in [3.05, 3.63) is 15.6 Å². The van der Waals surface area contributed by atoms with Gasteiger partial charge in [-0.3, -0.25) is 4.90 Å². The molecule has 2 aliphatic rings. The molecule has 0 spiro atoms. The van der Waals surface area contributed by atoms with Crippen molar-refractivity contribution in [2.24, 2.45) is 5.92 Å².